The summed E-state index contributed by atoms with van der Waals surface area (Å²) in [5.41, 5.74) is 0.470. The Morgan fingerprint density at radius 2 is 1.54 bits per heavy atom. The van der Waals surface area contributed by atoms with Gasteiger partial charge in [0.05, 0.1) is 24.3 Å². The molecule has 1 heterocycles. The molecule has 0 spiro atoms. The number of ketones is 1. The van der Waals surface area contributed by atoms with E-state index in [0.29, 0.717) is 12.1 Å². The maximum absolute atomic E-state index is 14.7. The van der Waals surface area contributed by atoms with Crippen LogP contribution in [0, 0.1) is 17.3 Å². The molecule has 0 unspecified atom stereocenters. The van der Waals surface area contributed by atoms with E-state index in [1.807, 2.05) is 33.8 Å². The van der Waals surface area contributed by atoms with Crippen LogP contribution in [-0.4, -0.2) is 61.9 Å². The lowest BCUT2D eigenvalue weighted by molar-refractivity contribution is -0.147. The van der Waals surface area contributed by atoms with Gasteiger partial charge in [0.15, 0.2) is 16.6 Å². The predicted molar refractivity (Wildman–Crippen MR) is 210 cm³/mol. The second-order valence-electron chi connectivity index (χ2n) is 17.9. The molecule has 0 amide bonds. The summed E-state index contributed by atoms with van der Waals surface area (Å²) in [4.78, 5) is 31.0. The van der Waals surface area contributed by atoms with Crippen LogP contribution in [0.5, 0.6) is 0 Å². The van der Waals surface area contributed by atoms with Crippen LogP contribution in [-0.2, 0) is 18.4 Å². The van der Waals surface area contributed by atoms with Crippen molar-refractivity contribution in [2.75, 3.05) is 0 Å². The summed E-state index contributed by atoms with van der Waals surface area (Å²) in [7, 11) is -4.71. The van der Waals surface area contributed by atoms with E-state index in [1.165, 1.54) is 6.08 Å². The summed E-state index contributed by atoms with van der Waals surface area (Å²) in [6, 6.07) is 5.21. The fraction of sp³-hybridized carbons (Fsp3) is 0.725. The van der Waals surface area contributed by atoms with Crippen molar-refractivity contribution in [3.05, 3.63) is 47.6 Å². The number of aliphatic hydroxyl groups excluding tert-OH is 1. The highest BCUT2D eigenvalue weighted by molar-refractivity contribution is 6.74. The number of aliphatic hydroxyl groups is 1. The van der Waals surface area contributed by atoms with Gasteiger partial charge in [0, 0.05) is 17.5 Å². The number of halogens is 1. The Morgan fingerprint density at radius 3 is 2.02 bits per heavy atom. The molecule has 0 saturated carbocycles. The summed E-state index contributed by atoms with van der Waals surface area (Å²) < 4.78 is 28.4. The molecular formula is C40H70FNO6Si2. The van der Waals surface area contributed by atoms with E-state index in [2.05, 4.69) is 79.6 Å². The summed E-state index contributed by atoms with van der Waals surface area (Å²) in [6.45, 7) is 31.4. The number of aliphatic carboxylic acids is 1. The Hall–Kier alpha value is -1.99. The summed E-state index contributed by atoms with van der Waals surface area (Å²) in [5, 5.41) is 20.1. The molecule has 0 aliphatic heterocycles. The highest BCUT2D eigenvalue weighted by Crippen LogP contribution is 2.44. The first-order valence-corrected chi connectivity index (χ1v) is 24.2. The van der Waals surface area contributed by atoms with Crippen LogP contribution in [0.25, 0.3) is 6.08 Å². The van der Waals surface area contributed by atoms with Gasteiger partial charge in [-0.3, -0.25) is 14.6 Å². The van der Waals surface area contributed by atoms with Crippen molar-refractivity contribution in [2.24, 2.45) is 17.3 Å². The molecule has 286 valence electrons. The second kappa shape index (κ2) is 18.7. The Morgan fingerprint density at radius 1 is 0.980 bits per heavy atom. The molecule has 0 radical (unpaired) electrons. The maximum atomic E-state index is 14.7. The van der Waals surface area contributed by atoms with Crippen LogP contribution in [0.3, 0.4) is 0 Å². The number of pyridine rings is 1. The molecule has 1 aromatic heterocycles. The smallest absolute Gasteiger partial charge is 0.305 e. The average molecular weight is 736 g/mol. The molecule has 10 heteroatoms. The molecule has 7 nitrogen and oxygen atoms in total. The van der Waals surface area contributed by atoms with Crippen molar-refractivity contribution in [3.8, 4) is 0 Å². The Labute approximate surface area is 305 Å². The van der Waals surface area contributed by atoms with Crippen molar-refractivity contribution in [2.45, 2.75) is 169 Å². The van der Waals surface area contributed by atoms with E-state index in [-0.39, 0.29) is 40.7 Å². The number of hydrogen-bond donors (Lipinski definition) is 2. The topological polar surface area (TPSA) is 106 Å². The SMILES string of the molecule is CC[C@@H](C(=O)C(C)(C)[C@H](CC(=O)O)O[Si](C)(C)C(C)(C)C)[C@@H](O[Si](C)(C)C(C)(C)C)[C@@H](C)CCC/C(C)=C\C[C@H](O)/C(F)=C\c1ccccn1. The standard InChI is InChI=1S/C40H70FNO6Si2/c1-16-31(37(46)40(10,11)34(27-35(44)45)47-49(12,13)38(4,5)6)36(48-50(14,15)39(7,8)9)29(3)21-19-20-28(2)23-24-33(43)32(41)26-30-22-17-18-25-42-30/h17-18,22-23,25-26,29,31,33-34,36,43H,16,19-21,24,27H2,1-15H3,(H,44,45)/b28-23-,32-26+/t29-,31+,33-,34-,36-/m0/s1. The van der Waals surface area contributed by atoms with Gasteiger partial charge in [-0.05, 0) is 99.4 Å². The molecule has 0 fully saturated rings. The number of carbonyl (C=O) groups excluding carboxylic acids is 1. The molecule has 50 heavy (non-hydrogen) atoms. The second-order valence-corrected chi connectivity index (χ2v) is 27.4. The monoisotopic (exact) mass is 735 g/mol. The van der Waals surface area contributed by atoms with E-state index < -0.39 is 52.0 Å². The Bertz CT molecular complexity index is 1300. The maximum Gasteiger partial charge on any atom is 0.305 e. The summed E-state index contributed by atoms with van der Waals surface area (Å²) in [5.74, 6) is -2.00. The lowest BCUT2D eigenvalue weighted by atomic mass is 9.71. The quantitative estimate of drug-likeness (QED) is 0.101. The number of carbonyl (C=O) groups is 2. The number of carboxylic acids is 1. The van der Waals surface area contributed by atoms with Gasteiger partial charge >= 0.3 is 5.97 Å². The molecule has 0 saturated heterocycles. The minimum absolute atomic E-state index is 0.00799. The number of Topliss-reactive ketones (excluding diaryl/α,β-unsaturated/α-hetero) is 1. The first kappa shape index (κ1) is 46.0. The van der Waals surface area contributed by atoms with Gasteiger partial charge in [-0.1, -0.05) is 87.0 Å². The molecule has 1 aromatic rings. The third-order valence-corrected chi connectivity index (χ3v) is 20.2. The van der Waals surface area contributed by atoms with E-state index in [0.717, 1.165) is 24.8 Å². The average Bonchev–Trinajstić information content (AvgIpc) is 2.98. The summed E-state index contributed by atoms with van der Waals surface area (Å²) in [6.07, 6.45) is 5.30. The van der Waals surface area contributed by atoms with Gasteiger partial charge in [0.2, 0.25) is 0 Å². The van der Waals surface area contributed by atoms with Gasteiger partial charge < -0.3 is 19.1 Å². The number of rotatable bonds is 20. The third kappa shape index (κ3) is 13.5. The molecule has 2 N–H and O–H groups in total. The molecule has 5 atom stereocenters. The minimum atomic E-state index is -2.40. The number of aromatic nitrogens is 1. The van der Waals surface area contributed by atoms with Crippen molar-refractivity contribution >= 4 is 34.5 Å². The fourth-order valence-corrected chi connectivity index (χ4v) is 8.42. The fourth-order valence-electron chi connectivity index (χ4n) is 5.54. The zero-order valence-corrected chi connectivity index (χ0v) is 35.9. The number of nitrogens with zero attached hydrogens (tertiary/aromatic N) is 1. The lowest BCUT2D eigenvalue weighted by Crippen LogP contribution is -2.54. The highest BCUT2D eigenvalue weighted by atomic mass is 28.4. The van der Waals surface area contributed by atoms with E-state index in [1.54, 1.807) is 24.4 Å². The molecule has 0 aliphatic carbocycles. The van der Waals surface area contributed by atoms with E-state index in [4.69, 9.17) is 8.85 Å². The number of carboxylic acid groups (broad SMARTS) is 1. The first-order valence-electron chi connectivity index (χ1n) is 18.4. The summed E-state index contributed by atoms with van der Waals surface area (Å²) >= 11 is 0. The zero-order valence-electron chi connectivity index (χ0n) is 33.9. The number of hydrogen-bond acceptors (Lipinski definition) is 6. The van der Waals surface area contributed by atoms with Crippen LogP contribution < -0.4 is 0 Å². The lowest BCUT2D eigenvalue weighted by Gasteiger charge is -2.47. The molecule has 0 aromatic carbocycles. The van der Waals surface area contributed by atoms with Crippen LogP contribution in [0.2, 0.25) is 36.3 Å². The van der Waals surface area contributed by atoms with Gasteiger partial charge in [0.25, 0.3) is 0 Å². The molecular weight excluding hydrogens is 666 g/mol. The number of allylic oxidation sites excluding steroid dienone is 1. The van der Waals surface area contributed by atoms with Crippen molar-refractivity contribution in [3.63, 3.8) is 0 Å². The minimum Gasteiger partial charge on any atom is -0.481 e. The van der Waals surface area contributed by atoms with Crippen LogP contribution >= 0.6 is 0 Å². The first-order chi connectivity index (χ1) is 22.7. The molecule has 1 rings (SSSR count). The largest absolute Gasteiger partial charge is 0.481 e. The molecule has 0 aliphatic rings. The van der Waals surface area contributed by atoms with Gasteiger partial charge in [-0.25, -0.2) is 4.39 Å². The van der Waals surface area contributed by atoms with Crippen LogP contribution in [0.1, 0.15) is 120 Å². The van der Waals surface area contributed by atoms with Gasteiger partial charge in [-0.2, -0.15) is 0 Å². The molecule has 0 bridgehead atoms. The third-order valence-electron chi connectivity index (χ3n) is 11.2. The predicted octanol–water partition coefficient (Wildman–Crippen LogP) is 10.8. The Balaban J connectivity index is 3.28. The van der Waals surface area contributed by atoms with Crippen molar-refractivity contribution in [1.82, 2.24) is 4.98 Å². The van der Waals surface area contributed by atoms with Crippen LogP contribution in [0.15, 0.2) is 41.9 Å². The van der Waals surface area contributed by atoms with E-state index >= 15 is 0 Å². The van der Waals surface area contributed by atoms with Gasteiger partial charge in [-0.15, -0.1) is 0 Å². The van der Waals surface area contributed by atoms with Gasteiger partial charge in [0.1, 0.15) is 17.7 Å². The Kier molecular flexibility index (Phi) is 17.2. The highest BCUT2D eigenvalue weighted by Gasteiger charge is 2.50. The zero-order chi connectivity index (χ0) is 38.9. The van der Waals surface area contributed by atoms with Crippen molar-refractivity contribution < 1.29 is 33.0 Å². The normalized spacial score (nSPS) is 17.2. The van der Waals surface area contributed by atoms with Crippen LogP contribution in [0.4, 0.5) is 4.39 Å². The van der Waals surface area contributed by atoms with E-state index in [9.17, 15) is 24.2 Å². The van der Waals surface area contributed by atoms with Crippen molar-refractivity contribution in [1.29, 1.82) is 0 Å².